The van der Waals surface area contributed by atoms with Gasteiger partial charge in [-0.25, -0.2) is 0 Å². The summed E-state index contributed by atoms with van der Waals surface area (Å²) in [6.45, 7) is 5.94. The molecule has 2 fully saturated rings. The van der Waals surface area contributed by atoms with Crippen molar-refractivity contribution in [3.63, 3.8) is 0 Å². The fraction of sp³-hybridized carbons (Fsp3) is 1.00. The van der Waals surface area contributed by atoms with Crippen molar-refractivity contribution in [1.29, 1.82) is 0 Å². The van der Waals surface area contributed by atoms with Gasteiger partial charge in [0.15, 0.2) is 0 Å². The van der Waals surface area contributed by atoms with E-state index >= 15 is 0 Å². The first kappa shape index (κ1) is 14.3. The third-order valence-corrected chi connectivity index (χ3v) is 4.34. The number of hydrogen-bond donors (Lipinski definition) is 1. The van der Waals surface area contributed by atoms with E-state index in [1.165, 1.54) is 44.9 Å². The van der Waals surface area contributed by atoms with Crippen LogP contribution in [0.15, 0.2) is 0 Å². The van der Waals surface area contributed by atoms with E-state index in [0.29, 0.717) is 6.10 Å². The average molecular weight is 255 g/mol. The fourth-order valence-corrected chi connectivity index (χ4v) is 3.30. The number of nitrogens with one attached hydrogen (secondary N) is 1. The molecule has 0 amide bonds. The van der Waals surface area contributed by atoms with Gasteiger partial charge in [0.25, 0.3) is 0 Å². The molecular formula is C15H29NO2. The fourth-order valence-electron chi connectivity index (χ4n) is 3.30. The zero-order valence-electron chi connectivity index (χ0n) is 11.8. The van der Waals surface area contributed by atoms with Crippen LogP contribution in [-0.2, 0) is 9.47 Å². The molecule has 3 unspecified atom stereocenters. The minimum absolute atomic E-state index is 0.367. The van der Waals surface area contributed by atoms with Crippen molar-refractivity contribution >= 4 is 0 Å². The highest BCUT2D eigenvalue weighted by molar-refractivity contribution is 4.82. The van der Waals surface area contributed by atoms with Gasteiger partial charge in [0.05, 0.1) is 12.7 Å². The van der Waals surface area contributed by atoms with E-state index < -0.39 is 0 Å². The molecular weight excluding hydrogens is 226 g/mol. The molecule has 0 bridgehead atoms. The van der Waals surface area contributed by atoms with Crippen LogP contribution in [0.1, 0.15) is 51.9 Å². The van der Waals surface area contributed by atoms with Gasteiger partial charge in [-0.1, -0.05) is 13.3 Å². The summed E-state index contributed by atoms with van der Waals surface area (Å²) in [5.74, 6) is 0.831. The Bertz CT molecular complexity index is 217. The molecule has 0 spiro atoms. The quantitative estimate of drug-likeness (QED) is 0.710. The van der Waals surface area contributed by atoms with Gasteiger partial charge in [-0.05, 0) is 51.0 Å². The summed E-state index contributed by atoms with van der Waals surface area (Å²) in [6, 6.07) is 0.740. The van der Waals surface area contributed by atoms with Crippen LogP contribution in [0.3, 0.4) is 0 Å². The summed E-state index contributed by atoms with van der Waals surface area (Å²) in [5.41, 5.74) is 0. The van der Waals surface area contributed by atoms with Crippen LogP contribution in [0.25, 0.3) is 0 Å². The Morgan fingerprint density at radius 1 is 1.17 bits per heavy atom. The third-order valence-electron chi connectivity index (χ3n) is 4.34. The molecule has 1 saturated heterocycles. The van der Waals surface area contributed by atoms with Crippen LogP contribution >= 0.6 is 0 Å². The second-order valence-corrected chi connectivity index (χ2v) is 5.71. The molecule has 3 nitrogen and oxygen atoms in total. The minimum Gasteiger partial charge on any atom is -0.379 e. The average Bonchev–Trinajstić information content (AvgIpc) is 2.84. The van der Waals surface area contributed by atoms with E-state index in [0.717, 1.165) is 38.3 Å². The first-order valence-corrected chi connectivity index (χ1v) is 7.83. The second kappa shape index (κ2) is 8.13. The van der Waals surface area contributed by atoms with Gasteiger partial charge in [0, 0.05) is 19.3 Å². The summed E-state index contributed by atoms with van der Waals surface area (Å²) >= 11 is 0. The Kier molecular flexibility index (Phi) is 6.46. The Hall–Kier alpha value is -0.120. The van der Waals surface area contributed by atoms with Gasteiger partial charge in [0.1, 0.15) is 0 Å². The molecule has 2 rings (SSSR count). The summed E-state index contributed by atoms with van der Waals surface area (Å²) in [6.07, 6.45) is 9.40. The monoisotopic (exact) mass is 255 g/mol. The summed E-state index contributed by atoms with van der Waals surface area (Å²) < 4.78 is 11.5. The van der Waals surface area contributed by atoms with E-state index in [1.807, 2.05) is 0 Å². The predicted molar refractivity (Wildman–Crippen MR) is 73.8 cm³/mol. The molecule has 0 aromatic carbocycles. The first-order chi connectivity index (χ1) is 8.90. The highest BCUT2D eigenvalue weighted by Crippen LogP contribution is 2.28. The normalized spacial score (nSPS) is 32.8. The zero-order valence-corrected chi connectivity index (χ0v) is 11.8. The molecule has 1 saturated carbocycles. The molecule has 106 valence electrons. The molecule has 0 radical (unpaired) electrons. The molecule has 1 aliphatic heterocycles. The molecule has 3 atom stereocenters. The van der Waals surface area contributed by atoms with Gasteiger partial charge in [-0.3, -0.25) is 0 Å². The topological polar surface area (TPSA) is 30.5 Å². The molecule has 1 N–H and O–H groups in total. The Morgan fingerprint density at radius 2 is 2.11 bits per heavy atom. The maximum absolute atomic E-state index is 5.81. The van der Waals surface area contributed by atoms with Crippen LogP contribution in [0, 0.1) is 5.92 Å². The maximum Gasteiger partial charge on any atom is 0.0808 e. The lowest BCUT2D eigenvalue weighted by Gasteiger charge is -2.23. The van der Waals surface area contributed by atoms with Crippen LogP contribution in [0.2, 0.25) is 0 Å². The van der Waals surface area contributed by atoms with Gasteiger partial charge in [-0.2, -0.15) is 0 Å². The Balaban J connectivity index is 1.54. The first-order valence-electron chi connectivity index (χ1n) is 7.83. The molecule has 18 heavy (non-hydrogen) atoms. The Labute approximate surface area is 112 Å². The van der Waals surface area contributed by atoms with Gasteiger partial charge < -0.3 is 14.8 Å². The van der Waals surface area contributed by atoms with Crippen LogP contribution in [0.5, 0.6) is 0 Å². The maximum atomic E-state index is 5.81. The van der Waals surface area contributed by atoms with Gasteiger partial charge in [0.2, 0.25) is 0 Å². The van der Waals surface area contributed by atoms with E-state index in [9.17, 15) is 0 Å². The molecule has 2 aliphatic rings. The van der Waals surface area contributed by atoms with E-state index in [4.69, 9.17) is 9.47 Å². The highest BCUT2D eigenvalue weighted by atomic mass is 16.5. The van der Waals surface area contributed by atoms with Crippen molar-refractivity contribution in [2.45, 2.75) is 64.0 Å². The number of rotatable bonds is 7. The van der Waals surface area contributed by atoms with Crippen molar-refractivity contribution in [2.75, 3.05) is 26.4 Å². The van der Waals surface area contributed by atoms with E-state index in [-0.39, 0.29) is 0 Å². The van der Waals surface area contributed by atoms with Crippen molar-refractivity contribution in [3.8, 4) is 0 Å². The lowest BCUT2D eigenvalue weighted by atomic mass is 10.00. The molecule has 3 heteroatoms. The standard InChI is InChI=1S/C15H29NO2/c1-2-16-15-8-5-6-13(15)9-11-17-12-14-7-3-4-10-18-14/h13-16H,2-12H2,1H3. The smallest absolute Gasteiger partial charge is 0.0808 e. The molecule has 1 heterocycles. The van der Waals surface area contributed by atoms with Crippen molar-refractivity contribution in [3.05, 3.63) is 0 Å². The second-order valence-electron chi connectivity index (χ2n) is 5.71. The predicted octanol–water partition coefficient (Wildman–Crippen LogP) is 2.74. The summed E-state index contributed by atoms with van der Waals surface area (Å²) in [7, 11) is 0. The van der Waals surface area contributed by atoms with Gasteiger partial charge >= 0.3 is 0 Å². The SMILES string of the molecule is CCNC1CCCC1CCOCC1CCCCO1. The lowest BCUT2D eigenvalue weighted by molar-refractivity contribution is -0.0426. The lowest BCUT2D eigenvalue weighted by Crippen LogP contribution is -2.33. The molecule has 0 aromatic rings. The van der Waals surface area contributed by atoms with Crippen molar-refractivity contribution in [1.82, 2.24) is 5.32 Å². The van der Waals surface area contributed by atoms with Crippen LogP contribution in [-0.4, -0.2) is 38.5 Å². The molecule has 0 aromatic heterocycles. The van der Waals surface area contributed by atoms with E-state index in [1.54, 1.807) is 0 Å². The highest BCUT2D eigenvalue weighted by Gasteiger charge is 2.26. The van der Waals surface area contributed by atoms with Crippen molar-refractivity contribution in [2.24, 2.45) is 5.92 Å². The van der Waals surface area contributed by atoms with Crippen LogP contribution in [0.4, 0.5) is 0 Å². The van der Waals surface area contributed by atoms with E-state index in [2.05, 4.69) is 12.2 Å². The summed E-state index contributed by atoms with van der Waals surface area (Å²) in [5, 5.41) is 3.60. The Morgan fingerprint density at radius 3 is 2.89 bits per heavy atom. The van der Waals surface area contributed by atoms with Crippen LogP contribution < -0.4 is 5.32 Å². The third kappa shape index (κ3) is 4.52. The minimum atomic E-state index is 0.367. The summed E-state index contributed by atoms with van der Waals surface area (Å²) in [4.78, 5) is 0. The number of ether oxygens (including phenoxy) is 2. The van der Waals surface area contributed by atoms with Crippen molar-refractivity contribution < 1.29 is 9.47 Å². The number of hydrogen-bond acceptors (Lipinski definition) is 3. The largest absolute Gasteiger partial charge is 0.379 e. The molecule has 1 aliphatic carbocycles. The van der Waals surface area contributed by atoms with Gasteiger partial charge in [-0.15, -0.1) is 0 Å². The zero-order chi connectivity index (χ0) is 12.6.